The Bertz CT molecular complexity index is 7310. The van der Waals surface area contributed by atoms with E-state index in [1.54, 1.807) is 26.1 Å². The molecular formula is C92H79F24N13O12. The van der Waals surface area contributed by atoms with Crippen molar-refractivity contribution in [2.45, 2.75) is 127 Å². The summed E-state index contributed by atoms with van der Waals surface area (Å²) >= 11 is 0. The van der Waals surface area contributed by atoms with E-state index in [1.165, 1.54) is 68.3 Å². The van der Waals surface area contributed by atoms with Crippen LogP contribution in [0.25, 0.3) is 65.4 Å². The van der Waals surface area contributed by atoms with Gasteiger partial charge >= 0.3 is 49.4 Å². The van der Waals surface area contributed by atoms with Crippen molar-refractivity contribution in [3.05, 3.63) is 235 Å². The molecule has 1 aliphatic carbocycles. The van der Waals surface area contributed by atoms with Gasteiger partial charge in [0.2, 0.25) is 33.4 Å². The van der Waals surface area contributed by atoms with Crippen molar-refractivity contribution in [1.82, 2.24) is 34.9 Å². The van der Waals surface area contributed by atoms with Gasteiger partial charge in [-0.25, -0.2) is 0 Å². The van der Waals surface area contributed by atoms with E-state index in [0.717, 1.165) is 52.7 Å². The van der Waals surface area contributed by atoms with Crippen molar-refractivity contribution in [3.8, 4) is 34.5 Å². The molecule has 25 nitrogen and oxygen atoms in total. The fourth-order valence-electron chi connectivity index (χ4n) is 16.9. The fraction of sp³-hybridized carbons (Fsp3) is 0.359. The zero-order chi connectivity index (χ0) is 102. The number of nitrogens with zero attached hydrogens (tertiary/aromatic N) is 6. The molecule has 1 fully saturated rings. The van der Waals surface area contributed by atoms with E-state index in [1.807, 2.05) is 35.9 Å². The Morgan fingerprint density at radius 3 is 1.14 bits per heavy atom. The maximum absolute atomic E-state index is 13.4. The smallest absolute Gasteiger partial charge is 0.417 e. The predicted octanol–water partition coefficient (Wildman–Crippen LogP) is 19.8. The van der Waals surface area contributed by atoms with Crippen molar-refractivity contribution in [3.63, 3.8) is 0 Å². The van der Waals surface area contributed by atoms with Gasteiger partial charge in [0.25, 0.3) is 0 Å². The number of H-pyrrole nitrogens is 6. The van der Waals surface area contributed by atoms with Gasteiger partial charge in [0.15, 0.2) is 0 Å². The van der Waals surface area contributed by atoms with Crippen molar-refractivity contribution >= 4 is 99.5 Å². The van der Waals surface area contributed by atoms with Crippen LogP contribution in [0.15, 0.2) is 162 Å². The number of anilines is 6. The third-order valence-electron chi connectivity index (χ3n) is 23.5. The molecular weight excluding hydrogens is 1940 g/mol. The molecule has 7 aliphatic rings. The van der Waals surface area contributed by atoms with E-state index >= 15 is 0 Å². The molecule has 752 valence electrons. The molecule has 141 heavy (non-hydrogen) atoms. The number of hydrogen-bond donors (Lipinski definition) is 7. The van der Waals surface area contributed by atoms with E-state index in [4.69, 9.17) is 28.4 Å². The van der Waals surface area contributed by atoms with Crippen LogP contribution in [0, 0.1) is 5.92 Å². The van der Waals surface area contributed by atoms with Crippen molar-refractivity contribution in [2.24, 2.45) is 5.92 Å². The van der Waals surface area contributed by atoms with E-state index in [2.05, 4.69) is 45.1 Å². The number of halogens is 24. The van der Waals surface area contributed by atoms with E-state index in [9.17, 15) is 134 Å². The van der Waals surface area contributed by atoms with Crippen molar-refractivity contribution < 1.29 is 134 Å². The van der Waals surface area contributed by atoms with Gasteiger partial charge in [-0.05, 0) is 94.5 Å². The van der Waals surface area contributed by atoms with Crippen LogP contribution in [0.4, 0.5) is 139 Å². The summed E-state index contributed by atoms with van der Waals surface area (Å²) in [5.74, 6) is 2.49. The van der Waals surface area contributed by atoms with Gasteiger partial charge in [-0.2, -0.15) is 105 Å². The summed E-state index contributed by atoms with van der Waals surface area (Å²) in [6.45, 7) is 8.78. The zero-order valence-corrected chi connectivity index (χ0v) is 73.8. The van der Waals surface area contributed by atoms with Crippen LogP contribution < -0.4 is 91.6 Å². The molecule has 0 amide bonds. The number of likely N-dealkylation sites (N-methyl/N-ethyl adjacent to an activating group) is 1. The second-order valence-electron chi connectivity index (χ2n) is 33.9. The summed E-state index contributed by atoms with van der Waals surface area (Å²) in [4.78, 5) is 95.3. The highest BCUT2D eigenvalue weighted by atomic mass is 19.4. The average molecular weight is 2010 g/mol. The third-order valence-corrected chi connectivity index (χ3v) is 23.5. The van der Waals surface area contributed by atoms with Gasteiger partial charge in [0.05, 0.1) is 145 Å². The van der Waals surface area contributed by atoms with Crippen molar-refractivity contribution in [2.75, 3.05) is 109 Å². The largest absolute Gasteiger partial charge is 0.490 e. The van der Waals surface area contributed by atoms with Gasteiger partial charge in [0.1, 0.15) is 85.7 Å². The summed E-state index contributed by atoms with van der Waals surface area (Å²) in [5.41, 5.74) is -8.12. The second kappa shape index (κ2) is 38.3. The third kappa shape index (κ3) is 23.2. The molecule has 6 aromatic carbocycles. The molecule has 3 unspecified atom stereocenters. The lowest BCUT2D eigenvalue weighted by molar-refractivity contribution is -0.137. The normalized spacial score (nSPS) is 17.4. The number of pyridine rings is 7. The molecule has 0 saturated heterocycles. The fourth-order valence-corrected chi connectivity index (χ4v) is 16.9. The first-order chi connectivity index (χ1) is 65.9. The van der Waals surface area contributed by atoms with Gasteiger partial charge in [-0.1, -0.05) is 13.0 Å². The monoisotopic (exact) mass is 2010 g/mol. The van der Waals surface area contributed by atoms with Crippen LogP contribution in [0.1, 0.15) is 86.0 Å². The number of aromatic amines is 6. The number of nitrogens with one attached hydrogen (secondary N) is 7. The summed E-state index contributed by atoms with van der Waals surface area (Å²) in [5, 5.41) is 2.03. The van der Waals surface area contributed by atoms with Crippen LogP contribution >= 0.6 is 0 Å². The number of alkyl halides is 24. The molecule has 1 saturated carbocycles. The Hall–Kier alpha value is -14.4. The van der Waals surface area contributed by atoms with Gasteiger partial charge in [-0.3, -0.25) is 33.8 Å². The summed E-state index contributed by atoms with van der Waals surface area (Å²) in [7, 11) is 1.81. The summed E-state index contributed by atoms with van der Waals surface area (Å²) in [6, 6.07) is 23.7. The molecule has 13 heterocycles. The van der Waals surface area contributed by atoms with Crippen LogP contribution in [-0.2, 0) is 43.6 Å². The molecule has 7 aromatic heterocycles. The molecule has 7 N–H and O–H groups in total. The molecule has 49 heteroatoms. The molecule has 13 aromatic rings. The SMILES string of the molecule is CC1CN(CC(F)(F)F)c2cc3c(C(F)(F)F)cc(=O)[nH]c3cc2O1.CC1Oc2cc3[nH]c(=O)cc(C(F)(F)F)c3cc2N(CC(F)(F)F)[C@H]1C.CCC1CN(C)c2cc3c(C(F)(F)F)cc(=O)[nH]c3cc2O1.O=c1cc(C(F)(F)F)c2cc3c(cc2[nH]1)OCCN3.O=c1cc(C(F)(F)F)c2cc3c(cc2[nH]1)OCCN3CC1CC1.O=c1cc(C(F)(F)F)c2cc3c(cc2[nH]1)OCCN3Cc1ccccn1. The standard InChI is InChI=1S/C18H14F3N3O2.C16H14F6N2O2.C16H15F3N2O2.C15H12F6N2O2.C15H15F3N2O2.C12H9F3N2O2/c19-18(20,21)13-8-17(25)23-14-9-16-15(7-12(13)14)24(5-6-26-16)10-11-3-1-2-4-22-11;1-7-8(2)26-13-5-11-9(3-12(13)24(7)6-15(17,18)19)10(16(20,21)22)4-14(25)23-11;17-16(18,19)11-6-15(22)20-12-7-14-13(5-10(11)12)21(3-4-23-14)8-9-1-2-9;1-7-5-23(6-14(16,17)18)11-2-8-9(15(19,20)21)3-13(24)22-10(8)4-12(11)25-7;1-3-8-7-20(2)12-4-9-10(15(16,17)18)5-14(21)19-11(9)6-13(12)22-8;13-12(14,15)7-4-11(18)17-8-5-10-9(3-6(7)8)16-1-2-19-10/h1-4,7-9H,5-6,10H2,(H,23,25);3-5,7-8H,6H2,1-2H3,(H,23,25);5-7,9H,1-4,8H2,(H,20,22);2-4,7H,5-6H2,1H3,(H,22,24);4-6,8H,3,7H2,1-2H3,(H,19,21);3-5,16H,1-2H2,(H,17,18)/t;7-,8?;;;;/m.0..../s1. The molecule has 0 bridgehead atoms. The lowest BCUT2D eigenvalue weighted by atomic mass is 10.0. The molecule has 6 aliphatic heterocycles. The lowest BCUT2D eigenvalue weighted by Crippen LogP contribution is -2.50. The highest BCUT2D eigenvalue weighted by Crippen LogP contribution is 2.50. The minimum atomic E-state index is -4.83. The van der Waals surface area contributed by atoms with Crippen LogP contribution in [-0.4, -0.2) is 151 Å². The Labute approximate surface area is 776 Å². The minimum Gasteiger partial charge on any atom is -0.490 e. The number of aromatic nitrogens is 7. The topological polar surface area (TPSA) is 294 Å². The Morgan fingerprint density at radius 1 is 0.383 bits per heavy atom. The molecule has 0 radical (unpaired) electrons. The number of rotatable bonds is 7. The maximum atomic E-state index is 13.4. The minimum absolute atomic E-state index is 0.00199. The summed E-state index contributed by atoms with van der Waals surface area (Å²) in [6.07, 6.45) is -33.5. The molecule has 20 rings (SSSR count). The highest BCUT2D eigenvalue weighted by Gasteiger charge is 2.45. The first-order valence-corrected chi connectivity index (χ1v) is 43.0. The highest BCUT2D eigenvalue weighted by molar-refractivity contribution is 5.95. The number of hydrogen-bond acceptors (Lipinski definition) is 19. The van der Waals surface area contributed by atoms with E-state index in [-0.39, 0.29) is 90.2 Å². The van der Waals surface area contributed by atoms with Gasteiger partial charge in [-0.15, -0.1) is 0 Å². The maximum Gasteiger partial charge on any atom is 0.417 e. The lowest BCUT2D eigenvalue weighted by Gasteiger charge is -2.41. The number of fused-ring (bicyclic) bond motifs is 12. The van der Waals surface area contributed by atoms with Gasteiger partial charge < -0.3 is 88.1 Å². The Kier molecular flexibility index (Phi) is 27.5. The first-order valence-electron chi connectivity index (χ1n) is 43.0. The Morgan fingerprint density at radius 2 is 0.745 bits per heavy atom. The van der Waals surface area contributed by atoms with Gasteiger partial charge in [0, 0.05) is 131 Å². The van der Waals surface area contributed by atoms with E-state index < -0.39 is 158 Å². The summed E-state index contributed by atoms with van der Waals surface area (Å²) < 4.78 is 348. The number of ether oxygens (including phenoxy) is 6. The quantitative estimate of drug-likeness (QED) is 0.0730. The zero-order valence-electron chi connectivity index (χ0n) is 73.8. The van der Waals surface area contributed by atoms with Crippen LogP contribution in [0.5, 0.6) is 34.5 Å². The van der Waals surface area contributed by atoms with Crippen LogP contribution in [0.3, 0.4) is 0 Å². The van der Waals surface area contributed by atoms with Crippen molar-refractivity contribution in [1.29, 1.82) is 0 Å². The predicted molar refractivity (Wildman–Crippen MR) is 472 cm³/mol. The van der Waals surface area contributed by atoms with E-state index in [0.29, 0.717) is 141 Å². The molecule has 4 atom stereocenters. The number of benzene rings is 6. The van der Waals surface area contributed by atoms with Crippen LogP contribution in [0.2, 0.25) is 0 Å². The second-order valence-corrected chi connectivity index (χ2v) is 33.9. The Balaban J connectivity index is 0.000000128. The average Bonchev–Trinajstić information content (AvgIpc) is 1.45. The molecule has 0 spiro atoms. The first kappa shape index (κ1) is 101.